The molecule has 0 amide bonds. The molecule has 0 atom stereocenters. The zero-order valence-corrected chi connectivity index (χ0v) is 7.08. The fraction of sp³-hybridized carbons (Fsp3) is 0.250. The standard InChI is InChI=1S/C8H8F2N2O2/c9-7(10)6-5(8(13)14)1-4(2-11)3-12-6/h1,3,7H,2,11H2,(H,13,14). The molecule has 14 heavy (non-hydrogen) atoms. The van der Waals surface area contributed by atoms with Crippen LogP contribution in [-0.4, -0.2) is 16.1 Å². The monoisotopic (exact) mass is 202 g/mol. The summed E-state index contributed by atoms with van der Waals surface area (Å²) in [6.45, 7) is 0.0663. The molecule has 4 nitrogen and oxygen atoms in total. The number of hydrogen-bond acceptors (Lipinski definition) is 3. The minimum absolute atomic E-state index is 0.0663. The first-order chi connectivity index (χ1) is 6.56. The third-order valence-electron chi connectivity index (χ3n) is 1.65. The Morgan fingerprint density at radius 2 is 2.29 bits per heavy atom. The molecule has 1 aromatic heterocycles. The molecule has 0 saturated heterocycles. The third kappa shape index (κ3) is 2.02. The van der Waals surface area contributed by atoms with Crippen LogP contribution >= 0.6 is 0 Å². The highest BCUT2D eigenvalue weighted by molar-refractivity contribution is 5.89. The van der Waals surface area contributed by atoms with Crippen molar-refractivity contribution < 1.29 is 18.7 Å². The Hall–Kier alpha value is -1.56. The first-order valence-electron chi connectivity index (χ1n) is 3.76. The van der Waals surface area contributed by atoms with Gasteiger partial charge in [-0.15, -0.1) is 0 Å². The van der Waals surface area contributed by atoms with E-state index >= 15 is 0 Å². The van der Waals surface area contributed by atoms with Gasteiger partial charge in [-0.05, 0) is 11.6 Å². The lowest BCUT2D eigenvalue weighted by Crippen LogP contribution is -2.08. The molecule has 1 heterocycles. The van der Waals surface area contributed by atoms with Gasteiger partial charge in [-0.25, -0.2) is 13.6 Å². The quantitative estimate of drug-likeness (QED) is 0.771. The second-order valence-corrected chi connectivity index (χ2v) is 2.59. The van der Waals surface area contributed by atoms with E-state index in [0.717, 1.165) is 12.3 Å². The molecule has 76 valence electrons. The summed E-state index contributed by atoms with van der Waals surface area (Å²) < 4.78 is 24.5. The number of carboxylic acid groups (broad SMARTS) is 1. The number of rotatable bonds is 3. The SMILES string of the molecule is NCc1cnc(C(F)F)c(C(=O)O)c1. The third-order valence-corrected chi connectivity index (χ3v) is 1.65. The van der Waals surface area contributed by atoms with E-state index in [-0.39, 0.29) is 6.54 Å². The first kappa shape index (κ1) is 10.5. The highest BCUT2D eigenvalue weighted by Gasteiger charge is 2.19. The average molecular weight is 202 g/mol. The molecule has 3 N–H and O–H groups in total. The lowest BCUT2D eigenvalue weighted by Gasteiger charge is -2.05. The number of halogens is 2. The van der Waals surface area contributed by atoms with Gasteiger partial charge in [0.2, 0.25) is 0 Å². The van der Waals surface area contributed by atoms with Crippen molar-refractivity contribution in [3.8, 4) is 0 Å². The van der Waals surface area contributed by atoms with Crippen molar-refractivity contribution >= 4 is 5.97 Å². The summed E-state index contributed by atoms with van der Waals surface area (Å²) in [5.41, 5.74) is 4.41. The Morgan fingerprint density at radius 3 is 2.71 bits per heavy atom. The lowest BCUT2D eigenvalue weighted by atomic mass is 10.1. The first-order valence-corrected chi connectivity index (χ1v) is 3.76. The van der Waals surface area contributed by atoms with Crippen molar-refractivity contribution in [2.24, 2.45) is 5.73 Å². The van der Waals surface area contributed by atoms with Gasteiger partial charge in [-0.2, -0.15) is 0 Å². The maximum Gasteiger partial charge on any atom is 0.337 e. The van der Waals surface area contributed by atoms with Crippen molar-refractivity contribution in [3.05, 3.63) is 29.1 Å². The molecule has 6 heteroatoms. The lowest BCUT2D eigenvalue weighted by molar-refractivity contribution is 0.0682. The van der Waals surface area contributed by atoms with Gasteiger partial charge in [-0.1, -0.05) is 0 Å². The molecule has 0 aliphatic heterocycles. The van der Waals surface area contributed by atoms with Crippen LogP contribution in [0, 0.1) is 0 Å². The van der Waals surface area contributed by atoms with E-state index in [4.69, 9.17) is 10.8 Å². The number of pyridine rings is 1. The van der Waals surface area contributed by atoms with E-state index in [1.807, 2.05) is 0 Å². The Labute approximate surface area is 78.4 Å². The number of alkyl halides is 2. The van der Waals surface area contributed by atoms with Gasteiger partial charge in [0.25, 0.3) is 6.43 Å². The van der Waals surface area contributed by atoms with E-state index in [2.05, 4.69) is 4.98 Å². The van der Waals surface area contributed by atoms with Gasteiger partial charge in [0.1, 0.15) is 5.69 Å². The van der Waals surface area contributed by atoms with Crippen molar-refractivity contribution in [3.63, 3.8) is 0 Å². The highest BCUT2D eigenvalue weighted by atomic mass is 19.3. The molecular weight excluding hydrogens is 194 g/mol. The van der Waals surface area contributed by atoms with Gasteiger partial charge in [-0.3, -0.25) is 4.98 Å². The van der Waals surface area contributed by atoms with Crippen molar-refractivity contribution in [1.82, 2.24) is 4.98 Å². The summed E-state index contributed by atoms with van der Waals surface area (Å²) in [4.78, 5) is 13.9. The van der Waals surface area contributed by atoms with Crippen LogP contribution in [0.5, 0.6) is 0 Å². The number of carbonyl (C=O) groups is 1. The Kier molecular flexibility index (Phi) is 3.08. The second kappa shape index (κ2) is 4.10. The number of aromatic nitrogens is 1. The summed E-state index contributed by atoms with van der Waals surface area (Å²) in [5.74, 6) is -1.43. The Morgan fingerprint density at radius 1 is 1.64 bits per heavy atom. The molecular formula is C8H8F2N2O2. The van der Waals surface area contributed by atoms with Gasteiger partial charge in [0, 0.05) is 12.7 Å². The van der Waals surface area contributed by atoms with Crippen LogP contribution in [0.4, 0.5) is 8.78 Å². The van der Waals surface area contributed by atoms with Crippen LogP contribution in [0.25, 0.3) is 0 Å². The fourth-order valence-electron chi connectivity index (χ4n) is 0.975. The van der Waals surface area contributed by atoms with Gasteiger partial charge in [0.05, 0.1) is 5.56 Å². The number of nitrogens with two attached hydrogens (primary N) is 1. The molecule has 0 spiro atoms. The summed E-state index contributed by atoms with van der Waals surface area (Å²) in [6.07, 6.45) is -1.75. The molecule has 1 aromatic rings. The Balaban J connectivity index is 3.24. The molecule has 0 saturated carbocycles. The second-order valence-electron chi connectivity index (χ2n) is 2.59. The van der Waals surface area contributed by atoms with Crippen LogP contribution in [0.1, 0.15) is 28.0 Å². The number of carboxylic acids is 1. The van der Waals surface area contributed by atoms with Gasteiger partial charge < -0.3 is 10.8 Å². The normalized spacial score (nSPS) is 10.6. The molecule has 0 radical (unpaired) electrons. The van der Waals surface area contributed by atoms with Crippen LogP contribution in [0.15, 0.2) is 12.3 Å². The number of hydrogen-bond donors (Lipinski definition) is 2. The highest BCUT2D eigenvalue weighted by Crippen LogP contribution is 2.21. The summed E-state index contributed by atoms with van der Waals surface area (Å²) in [6, 6.07) is 1.11. The van der Waals surface area contributed by atoms with Crippen molar-refractivity contribution in [1.29, 1.82) is 0 Å². The Bertz CT molecular complexity index is 355. The zero-order chi connectivity index (χ0) is 10.7. The van der Waals surface area contributed by atoms with Gasteiger partial charge in [0.15, 0.2) is 0 Å². The van der Waals surface area contributed by atoms with E-state index in [1.165, 1.54) is 0 Å². The predicted molar refractivity (Wildman–Crippen MR) is 44.0 cm³/mol. The van der Waals surface area contributed by atoms with Crippen molar-refractivity contribution in [2.75, 3.05) is 0 Å². The molecule has 0 bridgehead atoms. The summed E-state index contributed by atoms with van der Waals surface area (Å²) in [5, 5.41) is 8.62. The van der Waals surface area contributed by atoms with E-state index < -0.39 is 23.7 Å². The van der Waals surface area contributed by atoms with E-state index in [0.29, 0.717) is 5.56 Å². The fourth-order valence-corrected chi connectivity index (χ4v) is 0.975. The van der Waals surface area contributed by atoms with Gasteiger partial charge >= 0.3 is 5.97 Å². The average Bonchev–Trinajstić information content (AvgIpc) is 2.16. The van der Waals surface area contributed by atoms with Crippen LogP contribution in [-0.2, 0) is 6.54 Å². The molecule has 0 unspecified atom stereocenters. The van der Waals surface area contributed by atoms with Crippen LogP contribution in [0.3, 0.4) is 0 Å². The molecule has 1 rings (SSSR count). The number of nitrogens with zero attached hydrogens (tertiary/aromatic N) is 1. The summed E-state index contributed by atoms with van der Waals surface area (Å²) >= 11 is 0. The molecule has 0 fully saturated rings. The number of aromatic carboxylic acids is 1. The minimum Gasteiger partial charge on any atom is -0.478 e. The largest absolute Gasteiger partial charge is 0.478 e. The maximum atomic E-state index is 12.3. The van der Waals surface area contributed by atoms with Crippen LogP contribution in [0.2, 0.25) is 0 Å². The smallest absolute Gasteiger partial charge is 0.337 e. The molecule has 0 aliphatic rings. The molecule has 0 aromatic carbocycles. The molecule has 0 aliphatic carbocycles. The topological polar surface area (TPSA) is 76.2 Å². The van der Waals surface area contributed by atoms with E-state index in [1.54, 1.807) is 0 Å². The summed E-state index contributed by atoms with van der Waals surface area (Å²) in [7, 11) is 0. The van der Waals surface area contributed by atoms with Crippen LogP contribution < -0.4 is 5.73 Å². The van der Waals surface area contributed by atoms with Crippen molar-refractivity contribution in [2.45, 2.75) is 13.0 Å². The predicted octanol–water partition coefficient (Wildman–Crippen LogP) is 1.18. The zero-order valence-electron chi connectivity index (χ0n) is 7.08. The van der Waals surface area contributed by atoms with E-state index in [9.17, 15) is 13.6 Å². The minimum atomic E-state index is -2.90. The maximum absolute atomic E-state index is 12.3.